The molecular weight excluding hydrogens is 297 g/mol. The van der Waals surface area contributed by atoms with Gasteiger partial charge in [-0.1, -0.05) is 0 Å². The molecule has 1 aromatic carbocycles. The number of hydrogen-bond donors (Lipinski definition) is 2. The Hall–Kier alpha value is -1.51. The Morgan fingerprint density at radius 2 is 2.00 bits per heavy atom. The van der Waals surface area contributed by atoms with Crippen molar-refractivity contribution in [2.45, 2.75) is 30.7 Å². The molecule has 0 bridgehead atoms. The molecule has 0 saturated carbocycles. The molecule has 0 radical (unpaired) electrons. The number of anilines is 1. The number of nitrogens with one attached hydrogen (secondary N) is 1. The number of benzene rings is 1. The predicted molar refractivity (Wildman–Crippen MR) is 76.7 cm³/mol. The van der Waals surface area contributed by atoms with Gasteiger partial charge in [0.25, 0.3) is 0 Å². The highest BCUT2D eigenvalue weighted by Gasteiger charge is 2.30. The second-order valence-electron chi connectivity index (χ2n) is 5.07. The Labute approximate surface area is 123 Å². The van der Waals surface area contributed by atoms with Gasteiger partial charge in [-0.15, -0.1) is 0 Å². The molecule has 1 fully saturated rings. The van der Waals surface area contributed by atoms with E-state index in [-0.39, 0.29) is 35.6 Å². The third-order valence-corrected chi connectivity index (χ3v) is 5.30. The summed E-state index contributed by atoms with van der Waals surface area (Å²) in [4.78, 5) is 10.5. The second-order valence-corrected chi connectivity index (χ2v) is 6.97. The van der Waals surface area contributed by atoms with Crippen LogP contribution in [-0.2, 0) is 14.8 Å². The number of carbonyl (C=O) groups excluding carboxylic acids is 1. The Bertz CT molecular complexity index is 640. The molecule has 8 heteroatoms. The first kappa shape index (κ1) is 15.9. The van der Waals surface area contributed by atoms with Gasteiger partial charge in [-0.2, -0.15) is 4.31 Å². The zero-order chi connectivity index (χ0) is 15.6. The molecule has 21 heavy (non-hydrogen) atoms. The maximum atomic E-state index is 14.0. The first-order valence-electron chi connectivity index (χ1n) is 6.63. The van der Waals surface area contributed by atoms with Gasteiger partial charge in [-0.3, -0.25) is 4.79 Å². The maximum absolute atomic E-state index is 14.0. The van der Waals surface area contributed by atoms with E-state index < -0.39 is 15.8 Å². The normalized spacial score (nSPS) is 17.7. The molecule has 1 saturated heterocycles. The fourth-order valence-corrected chi connectivity index (χ4v) is 3.76. The minimum atomic E-state index is -3.87. The number of rotatable bonds is 3. The van der Waals surface area contributed by atoms with Gasteiger partial charge in [0.2, 0.25) is 15.9 Å². The summed E-state index contributed by atoms with van der Waals surface area (Å²) in [6.45, 7) is 1.87. The average Bonchev–Trinajstić information content (AvgIpc) is 2.38. The van der Waals surface area contributed by atoms with Gasteiger partial charge in [0.05, 0.1) is 0 Å². The highest BCUT2D eigenvalue weighted by Crippen LogP contribution is 2.24. The summed E-state index contributed by atoms with van der Waals surface area (Å²) in [5, 5.41) is 2.41. The SMILES string of the molecule is CC(=O)Nc1ccc(S(=O)(=O)N2CCC(N)CC2)c(F)c1. The number of halogens is 1. The summed E-state index contributed by atoms with van der Waals surface area (Å²) in [5.41, 5.74) is 5.96. The van der Waals surface area contributed by atoms with Crippen LogP contribution in [0.5, 0.6) is 0 Å². The van der Waals surface area contributed by atoms with Crippen molar-refractivity contribution < 1.29 is 17.6 Å². The van der Waals surface area contributed by atoms with E-state index in [1.165, 1.54) is 23.4 Å². The number of carbonyl (C=O) groups is 1. The van der Waals surface area contributed by atoms with Crippen LogP contribution in [0.1, 0.15) is 19.8 Å². The minimum Gasteiger partial charge on any atom is -0.328 e. The molecule has 1 aliphatic rings. The molecule has 1 heterocycles. The first-order chi connectivity index (χ1) is 9.80. The number of piperidine rings is 1. The van der Waals surface area contributed by atoms with Crippen LogP contribution < -0.4 is 11.1 Å². The summed E-state index contributed by atoms with van der Waals surface area (Å²) in [6.07, 6.45) is 1.12. The van der Waals surface area contributed by atoms with Gasteiger partial charge in [-0.05, 0) is 31.0 Å². The molecule has 2 rings (SSSR count). The monoisotopic (exact) mass is 315 g/mol. The van der Waals surface area contributed by atoms with Crippen molar-refractivity contribution in [1.82, 2.24) is 4.31 Å². The Morgan fingerprint density at radius 3 is 2.52 bits per heavy atom. The van der Waals surface area contributed by atoms with Crippen molar-refractivity contribution in [2.24, 2.45) is 5.73 Å². The molecule has 0 aromatic heterocycles. The van der Waals surface area contributed by atoms with Crippen molar-refractivity contribution >= 4 is 21.6 Å². The van der Waals surface area contributed by atoms with E-state index in [2.05, 4.69) is 5.32 Å². The minimum absolute atomic E-state index is 0.0107. The highest BCUT2D eigenvalue weighted by atomic mass is 32.2. The maximum Gasteiger partial charge on any atom is 0.245 e. The molecule has 1 aromatic rings. The number of sulfonamides is 1. The highest BCUT2D eigenvalue weighted by molar-refractivity contribution is 7.89. The van der Waals surface area contributed by atoms with E-state index in [4.69, 9.17) is 5.73 Å². The lowest BCUT2D eigenvalue weighted by molar-refractivity contribution is -0.114. The number of nitrogens with two attached hydrogens (primary N) is 1. The summed E-state index contributed by atoms with van der Waals surface area (Å²) < 4.78 is 40.1. The summed E-state index contributed by atoms with van der Waals surface area (Å²) in [7, 11) is -3.87. The molecule has 6 nitrogen and oxygen atoms in total. The molecule has 1 amide bonds. The Morgan fingerprint density at radius 1 is 1.38 bits per heavy atom. The van der Waals surface area contributed by atoms with Crippen LogP contribution >= 0.6 is 0 Å². The lowest BCUT2D eigenvalue weighted by Gasteiger charge is -2.29. The quantitative estimate of drug-likeness (QED) is 0.866. The van der Waals surface area contributed by atoms with Crippen LogP contribution in [0.25, 0.3) is 0 Å². The third kappa shape index (κ3) is 3.58. The van der Waals surface area contributed by atoms with Crippen molar-refractivity contribution in [3.05, 3.63) is 24.0 Å². The van der Waals surface area contributed by atoms with Gasteiger partial charge in [0, 0.05) is 31.7 Å². The third-order valence-electron chi connectivity index (χ3n) is 3.37. The van der Waals surface area contributed by atoms with Crippen molar-refractivity contribution in [3.8, 4) is 0 Å². The average molecular weight is 315 g/mol. The smallest absolute Gasteiger partial charge is 0.245 e. The zero-order valence-corrected chi connectivity index (χ0v) is 12.5. The zero-order valence-electron chi connectivity index (χ0n) is 11.7. The number of amides is 1. The lowest BCUT2D eigenvalue weighted by Crippen LogP contribution is -2.42. The summed E-state index contributed by atoms with van der Waals surface area (Å²) >= 11 is 0. The first-order valence-corrected chi connectivity index (χ1v) is 8.07. The van der Waals surface area contributed by atoms with E-state index in [0.29, 0.717) is 12.8 Å². The Balaban J connectivity index is 2.26. The summed E-state index contributed by atoms with van der Waals surface area (Å²) in [5.74, 6) is -1.23. The van der Waals surface area contributed by atoms with E-state index >= 15 is 0 Å². The van der Waals surface area contributed by atoms with Gasteiger partial charge in [0.1, 0.15) is 10.7 Å². The molecule has 0 atom stereocenters. The van der Waals surface area contributed by atoms with E-state index in [0.717, 1.165) is 6.07 Å². The molecule has 1 aliphatic heterocycles. The van der Waals surface area contributed by atoms with Crippen LogP contribution in [-0.4, -0.2) is 37.8 Å². The summed E-state index contributed by atoms with van der Waals surface area (Å²) in [6, 6.07) is 3.53. The number of nitrogens with zero attached hydrogens (tertiary/aromatic N) is 1. The Kier molecular flexibility index (Phi) is 4.60. The van der Waals surface area contributed by atoms with Crippen LogP contribution in [0.3, 0.4) is 0 Å². The predicted octanol–water partition coefficient (Wildman–Crippen LogP) is 0.896. The fourth-order valence-electron chi connectivity index (χ4n) is 2.25. The topological polar surface area (TPSA) is 92.5 Å². The van der Waals surface area contributed by atoms with Crippen LogP contribution in [0.4, 0.5) is 10.1 Å². The van der Waals surface area contributed by atoms with Crippen molar-refractivity contribution in [1.29, 1.82) is 0 Å². The van der Waals surface area contributed by atoms with Gasteiger partial charge in [-0.25, -0.2) is 12.8 Å². The van der Waals surface area contributed by atoms with Crippen LogP contribution in [0.15, 0.2) is 23.1 Å². The standard InChI is InChI=1S/C13H18FN3O3S/c1-9(18)16-11-2-3-13(12(14)8-11)21(19,20)17-6-4-10(15)5-7-17/h2-3,8,10H,4-7,15H2,1H3,(H,16,18). The van der Waals surface area contributed by atoms with Crippen molar-refractivity contribution in [2.75, 3.05) is 18.4 Å². The molecule has 0 aliphatic carbocycles. The molecular formula is C13H18FN3O3S. The molecule has 116 valence electrons. The van der Waals surface area contributed by atoms with Gasteiger partial charge in [0.15, 0.2) is 0 Å². The van der Waals surface area contributed by atoms with E-state index in [1.54, 1.807) is 0 Å². The molecule has 3 N–H and O–H groups in total. The van der Waals surface area contributed by atoms with Crippen LogP contribution in [0, 0.1) is 5.82 Å². The van der Waals surface area contributed by atoms with Crippen molar-refractivity contribution in [3.63, 3.8) is 0 Å². The fraction of sp³-hybridized carbons (Fsp3) is 0.462. The van der Waals surface area contributed by atoms with Crippen LogP contribution in [0.2, 0.25) is 0 Å². The lowest BCUT2D eigenvalue weighted by atomic mass is 10.1. The van der Waals surface area contributed by atoms with E-state index in [1.807, 2.05) is 0 Å². The van der Waals surface area contributed by atoms with E-state index in [9.17, 15) is 17.6 Å². The second kappa shape index (κ2) is 6.08. The number of hydrogen-bond acceptors (Lipinski definition) is 4. The molecule has 0 spiro atoms. The largest absolute Gasteiger partial charge is 0.328 e. The van der Waals surface area contributed by atoms with Gasteiger partial charge < -0.3 is 11.1 Å². The molecule has 0 unspecified atom stereocenters. The van der Waals surface area contributed by atoms with Gasteiger partial charge >= 0.3 is 0 Å².